The third-order valence-electron chi connectivity index (χ3n) is 11.1. The highest BCUT2D eigenvalue weighted by Crippen LogP contribution is 2.31. The Morgan fingerprint density at radius 1 is 0.898 bits per heavy atom. The van der Waals surface area contributed by atoms with Crippen molar-refractivity contribution in [2.75, 3.05) is 55.2 Å². The van der Waals surface area contributed by atoms with Crippen molar-refractivity contribution in [2.24, 2.45) is 0 Å². The Balaban J connectivity index is 0.961. The molecule has 0 aliphatic carbocycles. The van der Waals surface area contributed by atoms with Crippen LogP contribution in [0.4, 0.5) is 17.1 Å². The van der Waals surface area contributed by atoms with Gasteiger partial charge in [0.1, 0.15) is 5.69 Å². The van der Waals surface area contributed by atoms with Crippen LogP contribution in [0.3, 0.4) is 0 Å². The van der Waals surface area contributed by atoms with Gasteiger partial charge < -0.3 is 15.1 Å². The molecule has 14 heteroatoms. The number of hydrogen-bond donors (Lipinski definition) is 2. The molecule has 0 bridgehead atoms. The van der Waals surface area contributed by atoms with Gasteiger partial charge in [0.15, 0.2) is 0 Å². The van der Waals surface area contributed by atoms with Crippen LogP contribution in [0.1, 0.15) is 42.1 Å². The van der Waals surface area contributed by atoms with Gasteiger partial charge in [0.2, 0.25) is 0 Å². The van der Waals surface area contributed by atoms with E-state index in [1.807, 2.05) is 72.8 Å². The van der Waals surface area contributed by atoms with Gasteiger partial charge in [-0.15, -0.1) is 11.8 Å². The highest BCUT2D eigenvalue weighted by molar-refractivity contribution is 7.99. The van der Waals surface area contributed by atoms with Crippen LogP contribution in [0, 0.1) is 10.1 Å². The first-order valence-corrected chi connectivity index (χ1v) is 22.8. The number of piperazine rings is 1. The molecule has 2 saturated heterocycles. The zero-order valence-electron chi connectivity index (χ0n) is 33.0. The Labute approximate surface area is 356 Å². The standard InChI is InChI=1S/C45H49ClN6O5S2/c1-33-8-7-24-50(33)25-23-38(32-58-40-10-3-2-4-11-40)47-43-22-21-41(30-44(43)52(54)55)59(56,57)48-45(53)35-15-19-39(20-16-35)51-28-26-49(27-29-51)31-36-9-5-6-12-42(36)34-13-17-37(46)18-14-34/h2-6,9-22,30,33,38,47H,7-8,23-29,31-32H2,1H3,(H,48,53)/t33?,38-/m1/s1. The van der Waals surface area contributed by atoms with Crippen LogP contribution in [0.5, 0.6) is 0 Å². The molecule has 2 N–H and O–H groups in total. The summed E-state index contributed by atoms with van der Waals surface area (Å²) in [5.41, 5.74) is 4.51. The van der Waals surface area contributed by atoms with Gasteiger partial charge in [-0.2, -0.15) is 0 Å². The molecule has 5 aromatic carbocycles. The number of benzene rings is 5. The van der Waals surface area contributed by atoms with Gasteiger partial charge in [0, 0.05) is 84.3 Å². The van der Waals surface area contributed by atoms with E-state index in [-0.39, 0.29) is 27.9 Å². The zero-order chi connectivity index (χ0) is 41.4. The van der Waals surface area contributed by atoms with Crippen molar-refractivity contribution < 1.29 is 18.1 Å². The molecule has 11 nitrogen and oxygen atoms in total. The summed E-state index contributed by atoms with van der Waals surface area (Å²) in [5, 5.41) is 16.4. The van der Waals surface area contributed by atoms with E-state index in [0.717, 1.165) is 87.3 Å². The summed E-state index contributed by atoms with van der Waals surface area (Å²) in [4.78, 5) is 32.8. The molecule has 1 amide bonds. The van der Waals surface area contributed by atoms with Crippen molar-refractivity contribution in [1.82, 2.24) is 14.5 Å². The molecule has 2 heterocycles. The molecule has 2 atom stereocenters. The summed E-state index contributed by atoms with van der Waals surface area (Å²) in [7, 11) is -4.43. The number of likely N-dealkylation sites (tertiary alicyclic amines) is 1. The van der Waals surface area contributed by atoms with Crippen LogP contribution in [0.15, 0.2) is 131 Å². The third-order valence-corrected chi connectivity index (χ3v) is 13.9. The SMILES string of the molecule is CC1CCCN1CC[C@H](CSc1ccccc1)Nc1ccc(S(=O)(=O)NC(=O)c2ccc(N3CCN(Cc4ccccc4-c4ccc(Cl)cc4)CC3)cc2)cc1[N+](=O)[O-]. The lowest BCUT2D eigenvalue weighted by Crippen LogP contribution is -2.46. The molecule has 0 radical (unpaired) electrons. The number of nitrogens with one attached hydrogen (secondary N) is 2. The first-order chi connectivity index (χ1) is 28.5. The average Bonchev–Trinajstić information content (AvgIpc) is 3.67. The van der Waals surface area contributed by atoms with Gasteiger partial charge in [-0.3, -0.25) is 19.8 Å². The normalized spacial score (nSPS) is 16.8. The maximum Gasteiger partial charge on any atom is 0.293 e. The van der Waals surface area contributed by atoms with E-state index in [4.69, 9.17) is 11.6 Å². The lowest BCUT2D eigenvalue weighted by atomic mass is 9.99. The summed E-state index contributed by atoms with van der Waals surface area (Å²) in [6.07, 6.45) is 3.07. The molecule has 5 aromatic rings. The summed E-state index contributed by atoms with van der Waals surface area (Å²) >= 11 is 7.79. The number of hydrogen-bond acceptors (Lipinski definition) is 10. The van der Waals surface area contributed by atoms with Crippen molar-refractivity contribution in [3.05, 3.63) is 148 Å². The minimum absolute atomic E-state index is 0.121. The van der Waals surface area contributed by atoms with E-state index in [9.17, 15) is 23.3 Å². The Kier molecular flexibility index (Phi) is 13.9. The Morgan fingerprint density at radius 3 is 2.31 bits per heavy atom. The van der Waals surface area contributed by atoms with E-state index in [0.29, 0.717) is 16.8 Å². The van der Waals surface area contributed by atoms with Crippen LogP contribution >= 0.6 is 23.4 Å². The number of carbonyl (C=O) groups is 1. The van der Waals surface area contributed by atoms with Crippen LogP contribution in [-0.4, -0.2) is 86.2 Å². The van der Waals surface area contributed by atoms with Crippen molar-refractivity contribution in [2.45, 2.75) is 54.6 Å². The fourth-order valence-corrected chi connectivity index (χ4v) is 9.88. The van der Waals surface area contributed by atoms with Crippen LogP contribution in [0.2, 0.25) is 5.02 Å². The minimum Gasteiger partial charge on any atom is -0.376 e. The van der Waals surface area contributed by atoms with Gasteiger partial charge in [0.25, 0.3) is 21.6 Å². The third kappa shape index (κ3) is 11.0. The van der Waals surface area contributed by atoms with E-state index in [2.05, 4.69) is 49.9 Å². The second-order valence-electron chi connectivity index (χ2n) is 15.1. The monoisotopic (exact) mass is 852 g/mol. The quantitative estimate of drug-likeness (QED) is 0.0565. The van der Waals surface area contributed by atoms with Crippen LogP contribution < -0.4 is 14.9 Å². The molecule has 2 aliphatic rings. The molecule has 2 aliphatic heterocycles. The molecule has 0 saturated carbocycles. The maximum absolute atomic E-state index is 13.5. The second kappa shape index (κ2) is 19.4. The van der Waals surface area contributed by atoms with Crippen molar-refractivity contribution >= 4 is 56.4 Å². The van der Waals surface area contributed by atoms with Crippen LogP contribution in [-0.2, 0) is 16.6 Å². The molecule has 7 rings (SSSR count). The molecule has 308 valence electrons. The molecule has 0 spiro atoms. The number of nitro benzene ring substituents is 1. The maximum atomic E-state index is 13.5. The second-order valence-corrected chi connectivity index (χ2v) is 18.3. The number of halogens is 1. The Morgan fingerprint density at radius 2 is 1.61 bits per heavy atom. The predicted molar refractivity (Wildman–Crippen MR) is 238 cm³/mol. The zero-order valence-corrected chi connectivity index (χ0v) is 35.4. The molecule has 2 fully saturated rings. The van der Waals surface area contributed by atoms with E-state index < -0.39 is 20.9 Å². The summed E-state index contributed by atoms with van der Waals surface area (Å²) in [6.45, 7) is 8.19. The summed E-state index contributed by atoms with van der Waals surface area (Å²) < 4.78 is 29.0. The lowest BCUT2D eigenvalue weighted by Gasteiger charge is -2.36. The minimum atomic E-state index is -4.43. The number of carbonyl (C=O) groups excluding carboxylic acids is 1. The number of anilines is 2. The van der Waals surface area contributed by atoms with E-state index in [1.54, 1.807) is 23.9 Å². The Bertz CT molecular complexity index is 2330. The Hall–Kier alpha value is -4.92. The number of rotatable bonds is 16. The summed E-state index contributed by atoms with van der Waals surface area (Å²) in [5.74, 6) is -0.158. The van der Waals surface area contributed by atoms with Crippen molar-refractivity contribution in [3.63, 3.8) is 0 Å². The van der Waals surface area contributed by atoms with Crippen molar-refractivity contribution in [1.29, 1.82) is 0 Å². The van der Waals surface area contributed by atoms with Gasteiger partial charge in [0.05, 0.1) is 9.82 Å². The molecule has 59 heavy (non-hydrogen) atoms. The van der Waals surface area contributed by atoms with E-state index >= 15 is 0 Å². The smallest absolute Gasteiger partial charge is 0.293 e. The highest BCUT2D eigenvalue weighted by atomic mass is 35.5. The largest absolute Gasteiger partial charge is 0.376 e. The highest BCUT2D eigenvalue weighted by Gasteiger charge is 2.27. The molecule has 0 aromatic heterocycles. The molecule has 1 unspecified atom stereocenters. The van der Waals surface area contributed by atoms with Gasteiger partial charge in [-0.1, -0.05) is 66.2 Å². The summed E-state index contributed by atoms with van der Waals surface area (Å²) in [6, 6.07) is 37.2. The number of amides is 1. The topological polar surface area (TPSA) is 128 Å². The fraction of sp³-hybridized carbons (Fsp3) is 0.311. The van der Waals surface area contributed by atoms with Gasteiger partial charge >= 0.3 is 0 Å². The first-order valence-electron chi connectivity index (χ1n) is 20.0. The van der Waals surface area contributed by atoms with Gasteiger partial charge in [-0.05, 0) is 110 Å². The predicted octanol–water partition coefficient (Wildman–Crippen LogP) is 8.80. The number of nitro groups is 1. The number of thioether (sulfide) groups is 1. The van der Waals surface area contributed by atoms with Crippen LogP contribution in [0.25, 0.3) is 11.1 Å². The molecular weight excluding hydrogens is 804 g/mol. The molecular formula is C45H49ClN6O5S2. The number of sulfonamides is 1. The van der Waals surface area contributed by atoms with E-state index in [1.165, 1.54) is 23.3 Å². The average molecular weight is 854 g/mol. The lowest BCUT2D eigenvalue weighted by molar-refractivity contribution is -0.384. The van der Waals surface area contributed by atoms with Gasteiger partial charge in [-0.25, -0.2) is 13.1 Å². The van der Waals surface area contributed by atoms with Crippen molar-refractivity contribution in [3.8, 4) is 11.1 Å². The first kappa shape index (κ1) is 42.2. The fourth-order valence-electron chi connectivity index (χ4n) is 7.77. The number of nitrogens with zero attached hydrogens (tertiary/aromatic N) is 4.